The van der Waals surface area contributed by atoms with Gasteiger partial charge in [0.15, 0.2) is 5.78 Å². The molecule has 0 radical (unpaired) electrons. The SMILES string of the molecule is O=C(O)C(=O)CC(=O)c1cccn1Cc1ccncc1. The normalized spacial score (nSPS) is 10.2. The number of carboxylic acids is 1. The van der Waals surface area contributed by atoms with Gasteiger partial charge in [0.05, 0.1) is 12.1 Å². The van der Waals surface area contributed by atoms with Gasteiger partial charge in [-0.05, 0) is 29.8 Å². The molecule has 0 unspecified atom stereocenters. The average molecular weight is 272 g/mol. The molecule has 0 aromatic carbocycles. The number of rotatable bonds is 6. The second-order valence-corrected chi connectivity index (χ2v) is 4.21. The maximum absolute atomic E-state index is 11.9. The fourth-order valence-electron chi connectivity index (χ4n) is 1.80. The van der Waals surface area contributed by atoms with Crippen LogP contribution in [0.5, 0.6) is 0 Å². The lowest BCUT2D eigenvalue weighted by Gasteiger charge is -2.07. The third kappa shape index (κ3) is 3.17. The number of carbonyl (C=O) groups excluding carboxylic acids is 2. The molecule has 102 valence electrons. The van der Waals surface area contributed by atoms with E-state index >= 15 is 0 Å². The summed E-state index contributed by atoms with van der Waals surface area (Å²) in [7, 11) is 0. The highest BCUT2D eigenvalue weighted by molar-refractivity contribution is 6.37. The standard InChI is InChI=1S/C14H12N2O4/c17-12(8-13(18)14(19)20)11-2-1-7-16(11)9-10-3-5-15-6-4-10/h1-7H,8-9H2,(H,19,20). The third-order valence-electron chi connectivity index (χ3n) is 2.78. The van der Waals surface area contributed by atoms with Gasteiger partial charge in [-0.15, -0.1) is 0 Å². The maximum atomic E-state index is 11.9. The Bertz CT molecular complexity index is 646. The maximum Gasteiger partial charge on any atom is 0.372 e. The second kappa shape index (κ2) is 5.92. The van der Waals surface area contributed by atoms with Crippen LogP contribution in [0.4, 0.5) is 0 Å². The van der Waals surface area contributed by atoms with Gasteiger partial charge in [0.2, 0.25) is 5.78 Å². The van der Waals surface area contributed by atoms with Crippen LogP contribution in [-0.2, 0) is 16.1 Å². The topological polar surface area (TPSA) is 89.3 Å². The van der Waals surface area contributed by atoms with Gasteiger partial charge in [0, 0.05) is 25.1 Å². The Hall–Kier alpha value is -2.76. The van der Waals surface area contributed by atoms with E-state index in [0.29, 0.717) is 12.2 Å². The van der Waals surface area contributed by atoms with Crippen molar-refractivity contribution in [2.75, 3.05) is 0 Å². The molecule has 6 nitrogen and oxygen atoms in total. The quantitative estimate of drug-likeness (QED) is 0.484. The van der Waals surface area contributed by atoms with E-state index in [1.165, 1.54) is 0 Å². The van der Waals surface area contributed by atoms with Crippen molar-refractivity contribution in [3.63, 3.8) is 0 Å². The average Bonchev–Trinajstić information content (AvgIpc) is 2.88. The van der Waals surface area contributed by atoms with Crippen LogP contribution in [0.15, 0.2) is 42.9 Å². The van der Waals surface area contributed by atoms with Gasteiger partial charge in [0.25, 0.3) is 0 Å². The predicted octanol–water partition coefficient (Wildman–Crippen LogP) is 1.16. The van der Waals surface area contributed by atoms with Crippen LogP contribution in [-0.4, -0.2) is 32.2 Å². The van der Waals surface area contributed by atoms with Gasteiger partial charge in [0.1, 0.15) is 0 Å². The zero-order chi connectivity index (χ0) is 14.5. The fourth-order valence-corrected chi connectivity index (χ4v) is 1.80. The first kappa shape index (κ1) is 13.7. The van der Waals surface area contributed by atoms with Crippen LogP contribution >= 0.6 is 0 Å². The number of carboxylic acid groups (broad SMARTS) is 1. The number of aromatic nitrogens is 2. The van der Waals surface area contributed by atoms with Crippen LogP contribution in [0, 0.1) is 0 Å². The molecule has 2 aromatic heterocycles. The van der Waals surface area contributed by atoms with Crippen LogP contribution in [0.25, 0.3) is 0 Å². The zero-order valence-corrected chi connectivity index (χ0v) is 10.5. The lowest BCUT2D eigenvalue weighted by atomic mass is 10.1. The molecule has 0 amide bonds. The van der Waals surface area contributed by atoms with Gasteiger partial charge >= 0.3 is 5.97 Å². The van der Waals surface area contributed by atoms with Crippen LogP contribution in [0.3, 0.4) is 0 Å². The summed E-state index contributed by atoms with van der Waals surface area (Å²) >= 11 is 0. The summed E-state index contributed by atoms with van der Waals surface area (Å²) in [4.78, 5) is 37.4. The Labute approximate surface area is 114 Å². The zero-order valence-electron chi connectivity index (χ0n) is 10.5. The summed E-state index contributed by atoms with van der Waals surface area (Å²) < 4.78 is 1.67. The minimum atomic E-state index is -1.59. The van der Waals surface area contributed by atoms with Crippen LogP contribution < -0.4 is 0 Å². The number of ketones is 2. The smallest absolute Gasteiger partial charge is 0.372 e. The number of nitrogens with zero attached hydrogens (tertiary/aromatic N) is 2. The summed E-state index contributed by atoms with van der Waals surface area (Å²) in [5.74, 6) is -3.20. The Balaban J connectivity index is 2.14. The second-order valence-electron chi connectivity index (χ2n) is 4.21. The summed E-state index contributed by atoms with van der Waals surface area (Å²) in [6, 6.07) is 6.88. The molecule has 2 rings (SSSR count). The molecule has 0 saturated heterocycles. The van der Waals surface area contributed by atoms with E-state index in [1.807, 2.05) is 12.1 Å². The van der Waals surface area contributed by atoms with E-state index < -0.39 is 24.0 Å². The molecule has 1 N–H and O–H groups in total. The number of aliphatic carboxylic acids is 1. The minimum absolute atomic E-state index is 0.316. The first-order valence-electron chi connectivity index (χ1n) is 5.91. The molecular weight excluding hydrogens is 260 g/mol. The Morgan fingerprint density at radius 1 is 1.15 bits per heavy atom. The number of hydrogen-bond acceptors (Lipinski definition) is 4. The summed E-state index contributed by atoms with van der Waals surface area (Å²) in [5, 5.41) is 8.52. The van der Waals surface area contributed by atoms with Crippen molar-refractivity contribution in [1.82, 2.24) is 9.55 Å². The van der Waals surface area contributed by atoms with Crippen molar-refractivity contribution in [3.8, 4) is 0 Å². The highest BCUT2D eigenvalue weighted by Crippen LogP contribution is 2.10. The van der Waals surface area contributed by atoms with Crippen molar-refractivity contribution >= 4 is 17.5 Å². The van der Waals surface area contributed by atoms with Crippen molar-refractivity contribution in [2.24, 2.45) is 0 Å². The summed E-state index contributed by atoms with van der Waals surface area (Å²) in [6.45, 7) is 0.456. The van der Waals surface area contributed by atoms with E-state index in [2.05, 4.69) is 4.98 Å². The molecule has 20 heavy (non-hydrogen) atoms. The molecule has 0 atom stereocenters. The molecule has 0 saturated carbocycles. The first-order chi connectivity index (χ1) is 9.58. The van der Waals surface area contributed by atoms with Crippen molar-refractivity contribution < 1.29 is 19.5 Å². The number of pyridine rings is 1. The molecule has 6 heteroatoms. The summed E-state index contributed by atoms with van der Waals surface area (Å²) in [6.07, 6.45) is 4.37. The Morgan fingerprint density at radius 2 is 1.85 bits per heavy atom. The molecule has 0 aliphatic rings. The van der Waals surface area contributed by atoms with Crippen molar-refractivity contribution in [2.45, 2.75) is 13.0 Å². The van der Waals surface area contributed by atoms with E-state index in [-0.39, 0.29) is 0 Å². The van der Waals surface area contributed by atoms with Gasteiger partial charge in [-0.25, -0.2) is 4.79 Å². The van der Waals surface area contributed by atoms with E-state index in [9.17, 15) is 14.4 Å². The Morgan fingerprint density at radius 3 is 2.50 bits per heavy atom. The third-order valence-corrected chi connectivity index (χ3v) is 2.78. The Kier molecular flexibility index (Phi) is 4.05. The highest BCUT2D eigenvalue weighted by Gasteiger charge is 2.19. The lowest BCUT2D eigenvalue weighted by molar-refractivity contribution is -0.148. The molecule has 2 heterocycles. The van der Waals surface area contributed by atoms with Crippen molar-refractivity contribution in [1.29, 1.82) is 0 Å². The van der Waals surface area contributed by atoms with Gasteiger partial charge in [-0.3, -0.25) is 14.6 Å². The predicted molar refractivity (Wildman–Crippen MR) is 69.4 cm³/mol. The first-order valence-corrected chi connectivity index (χ1v) is 5.91. The fraction of sp³-hybridized carbons (Fsp3) is 0.143. The number of Topliss-reactive ketones (excluding diaryl/α,β-unsaturated/α-hetero) is 2. The monoisotopic (exact) mass is 272 g/mol. The largest absolute Gasteiger partial charge is 0.475 e. The van der Waals surface area contributed by atoms with Crippen LogP contribution in [0.1, 0.15) is 22.5 Å². The lowest BCUT2D eigenvalue weighted by Crippen LogP contribution is -2.19. The summed E-state index contributed by atoms with van der Waals surface area (Å²) in [5.41, 5.74) is 1.27. The van der Waals surface area contributed by atoms with E-state index in [1.54, 1.807) is 35.3 Å². The highest BCUT2D eigenvalue weighted by atomic mass is 16.4. The molecule has 0 bridgehead atoms. The van der Waals surface area contributed by atoms with Crippen LogP contribution in [0.2, 0.25) is 0 Å². The van der Waals surface area contributed by atoms with E-state index in [0.717, 1.165) is 5.56 Å². The minimum Gasteiger partial charge on any atom is -0.475 e. The molecule has 0 fully saturated rings. The molecule has 2 aromatic rings. The molecular formula is C14H12N2O4. The number of hydrogen-bond donors (Lipinski definition) is 1. The molecule has 0 aliphatic carbocycles. The van der Waals surface area contributed by atoms with E-state index in [4.69, 9.17) is 5.11 Å². The number of carbonyl (C=O) groups is 3. The van der Waals surface area contributed by atoms with Crippen molar-refractivity contribution in [3.05, 3.63) is 54.1 Å². The van der Waals surface area contributed by atoms with Gasteiger partial charge < -0.3 is 9.67 Å². The van der Waals surface area contributed by atoms with Gasteiger partial charge in [-0.2, -0.15) is 0 Å². The molecule has 0 aliphatic heterocycles. The molecule has 0 spiro atoms. The van der Waals surface area contributed by atoms with Gasteiger partial charge in [-0.1, -0.05) is 0 Å².